The average Bonchev–Trinajstić information content (AvgIpc) is 2.59. The number of carbonyl (C=O) groups excluding carboxylic acids is 1. The zero-order valence-electron chi connectivity index (χ0n) is 13.9. The maximum atomic E-state index is 12.1. The summed E-state index contributed by atoms with van der Waals surface area (Å²) in [6.07, 6.45) is 0. The van der Waals surface area contributed by atoms with Gasteiger partial charge in [-0.25, -0.2) is 4.79 Å². The molecule has 0 aromatic heterocycles. The van der Waals surface area contributed by atoms with Crippen LogP contribution in [0.15, 0.2) is 42.5 Å². The van der Waals surface area contributed by atoms with E-state index in [2.05, 4.69) is 10.6 Å². The lowest BCUT2D eigenvalue weighted by molar-refractivity contribution is 0.237. The Morgan fingerprint density at radius 2 is 1.88 bits per heavy atom. The highest BCUT2D eigenvalue weighted by Gasteiger charge is 2.12. The Morgan fingerprint density at radius 1 is 1.12 bits per heavy atom. The molecule has 128 valence electrons. The van der Waals surface area contributed by atoms with Crippen molar-refractivity contribution in [3.05, 3.63) is 58.6 Å². The number of benzene rings is 2. The van der Waals surface area contributed by atoms with Gasteiger partial charge in [-0.05, 0) is 42.3 Å². The first-order chi connectivity index (χ1) is 11.5. The van der Waals surface area contributed by atoms with E-state index in [1.165, 1.54) is 0 Å². The van der Waals surface area contributed by atoms with Gasteiger partial charge in [0.25, 0.3) is 0 Å². The van der Waals surface area contributed by atoms with Crippen LogP contribution >= 0.6 is 11.6 Å². The lowest BCUT2D eigenvalue weighted by Gasteiger charge is -2.17. The topological polar surface area (TPSA) is 59.6 Å². The monoisotopic (exact) mass is 348 g/mol. The minimum absolute atomic E-state index is 0.177. The summed E-state index contributed by atoms with van der Waals surface area (Å²) >= 11 is 5.93. The van der Waals surface area contributed by atoms with E-state index in [0.717, 1.165) is 11.1 Å². The highest BCUT2D eigenvalue weighted by molar-refractivity contribution is 6.30. The number of hydrogen-bond acceptors (Lipinski definition) is 3. The molecule has 0 heterocycles. The normalized spacial score (nSPS) is 11.5. The van der Waals surface area contributed by atoms with E-state index in [0.29, 0.717) is 23.1 Å². The van der Waals surface area contributed by atoms with Crippen LogP contribution in [0.5, 0.6) is 11.5 Å². The van der Waals surface area contributed by atoms with Crippen molar-refractivity contribution in [1.82, 2.24) is 10.6 Å². The second-order valence-corrected chi connectivity index (χ2v) is 5.73. The van der Waals surface area contributed by atoms with Crippen LogP contribution in [0.3, 0.4) is 0 Å². The van der Waals surface area contributed by atoms with Crippen LogP contribution in [0, 0.1) is 0 Å². The Bertz CT molecular complexity index is 706. The van der Waals surface area contributed by atoms with E-state index in [-0.39, 0.29) is 12.1 Å². The third-order valence-corrected chi connectivity index (χ3v) is 3.83. The van der Waals surface area contributed by atoms with Gasteiger partial charge >= 0.3 is 6.03 Å². The van der Waals surface area contributed by atoms with Crippen LogP contribution in [-0.4, -0.2) is 20.3 Å². The van der Waals surface area contributed by atoms with Crippen molar-refractivity contribution in [2.75, 3.05) is 14.2 Å². The Kier molecular flexibility index (Phi) is 6.32. The van der Waals surface area contributed by atoms with E-state index >= 15 is 0 Å². The number of ether oxygens (including phenoxy) is 2. The molecule has 0 spiro atoms. The summed E-state index contributed by atoms with van der Waals surface area (Å²) in [4.78, 5) is 12.1. The summed E-state index contributed by atoms with van der Waals surface area (Å²) in [5.74, 6) is 1.28. The summed E-state index contributed by atoms with van der Waals surface area (Å²) in [5, 5.41) is 6.35. The van der Waals surface area contributed by atoms with Crippen molar-refractivity contribution in [3.8, 4) is 11.5 Å². The first-order valence-electron chi connectivity index (χ1n) is 7.54. The highest BCUT2D eigenvalue weighted by atomic mass is 35.5. The fourth-order valence-corrected chi connectivity index (χ4v) is 2.50. The van der Waals surface area contributed by atoms with Crippen LogP contribution in [0.4, 0.5) is 4.79 Å². The summed E-state index contributed by atoms with van der Waals surface area (Å²) < 4.78 is 10.5. The molecule has 1 unspecified atom stereocenters. The molecule has 6 heteroatoms. The lowest BCUT2D eigenvalue weighted by atomic mass is 10.1. The van der Waals surface area contributed by atoms with Crippen LogP contribution in [0.1, 0.15) is 24.1 Å². The van der Waals surface area contributed by atoms with Crippen LogP contribution in [0.25, 0.3) is 0 Å². The number of nitrogens with one attached hydrogen (secondary N) is 2. The number of hydrogen-bond donors (Lipinski definition) is 2. The SMILES string of the molecule is COc1ccc(C(C)NC(=O)NCc2cccc(Cl)c2)cc1OC. The van der Waals surface area contributed by atoms with Crippen LogP contribution in [-0.2, 0) is 6.54 Å². The van der Waals surface area contributed by atoms with Crippen LogP contribution in [0.2, 0.25) is 5.02 Å². The molecular weight excluding hydrogens is 328 g/mol. The maximum Gasteiger partial charge on any atom is 0.315 e. The van der Waals surface area contributed by atoms with Gasteiger partial charge in [0.2, 0.25) is 0 Å². The second kappa shape index (κ2) is 8.45. The Labute approximate surface area is 146 Å². The highest BCUT2D eigenvalue weighted by Crippen LogP contribution is 2.29. The third kappa shape index (κ3) is 4.80. The van der Waals surface area contributed by atoms with Crippen LogP contribution < -0.4 is 20.1 Å². The molecule has 0 saturated carbocycles. The molecule has 24 heavy (non-hydrogen) atoms. The van der Waals surface area contributed by atoms with Crippen molar-refractivity contribution in [2.24, 2.45) is 0 Å². The zero-order chi connectivity index (χ0) is 17.5. The van der Waals surface area contributed by atoms with E-state index in [1.807, 2.05) is 43.3 Å². The molecule has 2 N–H and O–H groups in total. The number of amides is 2. The summed E-state index contributed by atoms with van der Waals surface area (Å²) in [5.41, 5.74) is 1.86. The van der Waals surface area contributed by atoms with Gasteiger partial charge < -0.3 is 20.1 Å². The molecule has 2 aromatic rings. The van der Waals surface area contributed by atoms with Crippen molar-refractivity contribution in [2.45, 2.75) is 19.5 Å². The lowest BCUT2D eigenvalue weighted by Crippen LogP contribution is -2.36. The van der Waals surface area contributed by atoms with Gasteiger partial charge in [-0.15, -0.1) is 0 Å². The smallest absolute Gasteiger partial charge is 0.315 e. The molecule has 0 saturated heterocycles. The third-order valence-electron chi connectivity index (χ3n) is 3.60. The first-order valence-corrected chi connectivity index (χ1v) is 7.92. The second-order valence-electron chi connectivity index (χ2n) is 5.29. The number of methoxy groups -OCH3 is 2. The minimum Gasteiger partial charge on any atom is -0.493 e. The quantitative estimate of drug-likeness (QED) is 0.831. The van der Waals surface area contributed by atoms with Crippen molar-refractivity contribution < 1.29 is 14.3 Å². The molecule has 0 fully saturated rings. The Hall–Kier alpha value is -2.40. The number of rotatable bonds is 6. The zero-order valence-corrected chi connectivity index (χ0v) is 14.7. The molecule has 2 amide bonds. The first kappa shape index (κ1) is 17.9. The van der Waals surface area contributed by atoms with E-state index in [1.54, 1.807) is 20.3 Å². The van der Waals surface area contributed by atoms with E-state index in [9.17, 15) is 4.79 Å². The molecule has 0 aliphatic rings. The fourth-order valence-electron chi connectivity index (χ4n) is 2.28. The van der Waals surface area contributed by atoms with Crippen molar-refractivity contribution in [1.29, 1.82) is 0 Å². The van der Waals surface area contributed by atoms with E-state index < -0.39 is 0 Å². The molecule has 2 aromatic carbocycles. The number of halogens is 1. The van der Waals surface area contributed by atoms with Gasteiger partial charge in [0.05, 0.1) is 20.3 Å². The summed E-state index contributed by atoms with van der Waals surface area (Å²) in [6.45, 7) is 2.31. The Morgan fingerprint density at radius 3 is 2.54 bits per heavy atom. The standard InChI is InChI=1S/C18H21ClN2O3/c1-12(14-7-8-16(23-2)17(10-14)24-3)21-18(22)20-11-13-5-4-6-15(19)9-13/h4-10,12H,11H2,1-3H3,(H2,20,21,22). The largest absolute Gasteiger partial charge is 0.493 e. The van der Waals surface area contributed by atoms with Gasteiger partial charge in [-0.3, -0.25) is 0 Å². The van der Waals surface area contributed by atoms with Crippen molar-refractivity contribution in [3.63, 3.8) is 0 Å². The molecule has 0 aliphatic heterocycles. The fraction of sp³-hybridized carbons (Fsp3) is 0.278. The van der Waals surface area contributed by atoms with Gasteiger partial charge in [0.1, 0.15) is 0 Å². The number of carbonyl (C=O) groups is 1. The number of urea groups is 1. The molecule has 2 rings (SSSR count). The molecule has 5 nitrogen and oxygen atoms in total. The summed E-state index contributed by atoms with van der Waals surface area (Å²) in [7, 11) is 3.17. The predicted octanol–water partition coefficient (Wildman–Crippen LogP) is 3.92. The molecule has 0 aliphatic carbocycles. The molecule has 0 radical (unpaired) electrons. The van der Waals surface area contributed by atoms with Gasteiger partial charge in [-0.2, -0.15) is 0 Å². The maximum absolute atomic E-state index is 12.1. The summed E-state index contributed by atoms with van der Waals surface area (Å²) in [6, 6.07) is 12.5. The minimum atomic E-state index is -0.253. The molecular formula is C18H21ClN2O3. The van der Waals surface area contributed by atoms with Crippen molar-refractivity contribution >= 4 is 17.6 Å². The average molecular weight is 349 g/mol. The molecule has 0 bridgehead atoms. The van der Waals surface area contributed by atoms with Gasteiger partial charge in [-0.1, -0.05) is 29.8 Å². The van der Waals surface area contributed by atoms with Gasteiger partial charge in [0, 0.05) is 11.6 Å². The van der Waals surface area contributed by atoms with E-state index in [4.69, 9.17) is 21.1 Å². The Balaban J connectivity index is 1.93. The van der Waals surface area contributed by atoms with Gasteiger partial charge in [0.15, 0.2) is 11.5 Å². The predicted molar refractivity (Wildman–Crippen MR) is 94.8 cm³/mol. The molecule has 1 atom stereocenters.